The number of hydrogen-bond acceptors (Lipinski definition) is 5. The minimum atomic E-state index is -0.447. The maximum atomic E-state index is 11.9. The molecule has 0 aliphatic carbocycles. The summed E-state index contributed by atoms with van der Waals surface area (Å²) in [5.74, 6) is -0.191. The summed E-state index contributed by atoms with van der Waals surface area (Å²) in [6.45, 7) is 4.40. The molecule has 0 bridgehead atoms. The summed E-state index contributed by atoms with van der Waals surface area (Å²) < 4.78 is 0. The third-order valence-corrected chi connectivity index (χ3v) is 4.34. The van der Waals surface area contributed by atoms with Crippen LogP contribution in [-0.4, -0.2) is 28.6 Å². The van der Waals surface area contributed by atoms with E-state index in [1.54, 1.807) is 18.3 Å². The number of hydrazone groups is 1. The van der Waals surface area contributed by atoms with Gasteiger partial charge in [0.15, 0.2) is 0 Å². The highest BCUT2D eigenvalue weighted by molar-refractivity contribution is 5.99. The Kier molecular flexibility index (Phi) is 6.36. The van der Waals surface area contributed by atoms with Gasteiger partial charge in [-0.2, -0.15) is 5.10 Å². The molecule has 1 aromatic heterocycles. The summed E-state index contributed by atoms with van der Waals surface area (Å²) in [6.07, 6.45) is 4.31. The first-order chi connectivity index (χ1) is 14.0. The number of nitro benzene ring substituents is 1. The van der Waals surface area contributed by atoms with Crippen LogP contribution in [0.2, 0.25) is 0 Å². The van der Waals surface area contributed by atoms with E-state index in [4.69, 9.17) is 0 Å². The molecule has 0 saturated carbocycles. The van der Waals surface area contributed by atoms with E-state index in [-0.39, 0.29) is 11.6 Å². The summed E-state index contributed by atoms with van der Waals surface area (Å²) >= 11 is 0. The molecule has 0 saturated heterocycles. The smallest absolute Gasteiger partial charge is 0.270 e. The van der Waals surface area contributed by atoms with Gasteiger partial charge in [0.1, 0.15) is 0 Å². The number of aromatic amines is 1. The van der Waals surface area contributed by atoms with Gasteiger partial charge in [-0.15, -0.1) is 0 Å². The van der Waals surface area contributed by atoms with Crippen LogP contribution >= 0.6 is 0 Å². The van der Waals surface area contributed by atoms with Gasteiger partial charge in [0.2, 0.25) is 5.91 Å². The third kappa shape index (κ3) is 5.29. The van der Waals surface area contributed by atoms with Crippen molar-refractivity contribution in [2.75, 3.05) is 6.54 Å². The number of amides is 1. The van der Waals surface area contributed by atoms with Crippen molar-refractivity contribution in [2.45, 2.75) is 12.8 Å². The number of nitrogens with zero attached hydrogens (tertiary/aromatic N) is 2. The first-order valence-corrected chi connectivity index (χ1v) is 9.10. The number of nitro groups is 1. The monoisotopic (exact) mass is 391 g/mol. The number of non-ortho nitro benzene ring substituents is 1. The predicted molar refractivity (Wildman–Crippen MR) is 113 cm³/mol. The SMILES string of the molecule is C=C(NCCCC(=O)N/N=C/c1c[nH]c2ccccc12)c1cccc([N+](=O)[O-])c1. The van der Waals surface area contributed by atoms with Crippen molar-refractivity contribution < 1.29 is 9.72 Å². The van der Waals surface area contributed by atoms with Gasteiger partial charge in [0, 0.05) is 59.0 Å². The Morgan fingerprint density at radius 1 is 1.24 bits per heavy atom. The summed E-state index contributed by atoms with van der Waals surface area (Å²) in [6, 6.07) is 14.1. The van der Waals surface area contributed by atoms with E-state index in [1.807, 2.05) is 30.5 Å². The Balaban J connectivity index is 1.40. The molecule has 0 fully saturated rings. The molecule has 0 spiro atoms. The largest absolute Gasteiger partial charge is 0.385 e. The molecule has 1 amide bonds. The highest BCUT2D eigenvalue weighted by atomic mass is 16.6. The molecule has 1 heterocycles. The van der Waals surface area contributed by atoms with Crippen LogP contribution in [0.15, 0.2) is 66.4 Å². The first-order valence-electron chi connectivity index (χ1n) is 9.10. The zero-order valence-corrected chi connectivity index (χ0v) is 15.7. The molecule has 3 rings (SSSR count). The van der Waals surface area contributed by atoms with Crippen molar-refractivity contribution in [1.82, 2.24) is 15.7 Å². The predicted octanol–water partition coefficient (Wildman–Crippen LogP) is 3.57. The quantitative estimate of drug-likeness (QED) is 0.224. The molecule has 29 heavy (non-hydrogen) atoms. The van der Waals surface area contributed by atoms with Gasteiger partial charge in [-0.05, 0) is 12.5 Å². The average Bonchev–Trinajstić information content (AvgIpc) is 3.14. The standard InChI is InChI=1S/C21H21N5O3/c1-15(16-6-4-7-18(12-16)26(28)29)22-11-5-10-21(27)25-24-14-17-13-23-20-9-3-2-8-19(17)20/h2-4,6-9,12-14,22-23H,1,5,10-11H2,(H,25,27)/b24-14+. The molecular weight excluding hydrogens is 370 g/mol. The van der Waals surface area contributed by atoms with Crippen molar-refractivity contribution >= 4 is 34.4 Å². The second-order valence-electron chi connectivity index (χ2n) is 6.40. The highest BCUT2D eigenvalue weighted by Crippen LogP contribution is 2.17. The van der Waals surface area contributed by atoms with Crippen molar-refractivity contribution in [1.29, 1.82) is 0 Å². The van der Waals surface area contributed by atoms with E-state index in [9.17, 15) is 14.9 Å². The summed E-state index contributed by atoms with van der Waals surface area (Å²) in [5, 5.41) is 19.0. The zero-order chi connectivity index (χ0) is 20.6. The molecule has 0 unspecified atom stereocenters. The topological polar surface area (TPSA) is 112 Å². The van der Waals surface area contributed by atoms with Crippen molar-refractivity contribution in [3.63, 3.8) is 0 Å². The molecule has 148 valence electrons. The van der Waals surface area contributed by atoms with Crippen LogP contribution in [0.3, 0.4) is 0 Å². The lowest BCUT2D eigenvalue weighted by molar-refractivity contribution is -0.384. The Morgan fingerprint density at radius 3 is 2.90 bits per heavy atom. The first kappa shape index (κ1) is 19.8. The Hall–Kier alpha value is -3.94. The number of para-hydroxylation sites is 1. The van der Waals surface area contributed by atoms with Crippen LogP contribution in [0.1, 0.15) is 24.0 Å². The van der Waals surface area contributed by atoms with Crippen LogP contribution < -0.4 is 10.7 Å². The molecule has 3 aromatic rings. The Bertz CT molecular complexity index is 1070. The van der Waals surface area contributed by atoms with E-state index in [2.05, 4.69) is 27.4 Å². The average molecular weight is 391 g/mol. The maximum absolute atomic E-state index is 11.9. The number of aromatic nitrogens is 1. The van der Waals surface area contributed by atoms with Crippen LogP contribution in [0, 0.1) is 10.1 Å². The zero-order valence-electron chi connectivity index (χ0n) is 15.7. The normalized spacial score (nSPS) is 10.9. The number of nitrogens with one attached hydrogen (secondary N) is 3. The summed E-state index contributed by atoms with van der Waals surface area (Å²) in [7, 11) is 0. The molecule has 8 nitrogen and oxygen atoms in total. The number of rotatable bonds is 9. The van der Waals surface area contributed by atoms with Gasteiger partial charge in [0.25, 0.3) is 5.69 Å². The van der Waals surface area contributed by atoms with Gasteiger partial charge >= 0.3 is 0 Å². The lowest BCUT2D eigenvalue weighted by Gasteiger charge is -2.09. The lowest BCUT2D eigenvalue weighted by Crippen LogP contribution is -2.20. The summed E-state index contributed by atoms with van der Waals surface area (Å²) in [4.78, 5) is 25.4. The Labute approximate surface area is 167 Å². The minimum Gasteiger partial charge on any atom is -0.385 e. The highest BCUT2D eigenvalue weighted by Gasteiger charge is 2.08. The van der Waals surface area contributed by atoms with Crippen molar-refractivity contribution in [3.05, 3.63) is 82.5 Å². The molecule has 2 aromatic carbocycles. The van der Waals surface area contributed by atoms with Gasteiger partial charge in [0.05, 0.1) is 11.1 Å². The van der Waals surface area contributed by atoms with Crippen LogP contribution in [-0.2, 0) is 4.79 Å². The molecule has 0 radical (unpaired) electrons. The van der Waals surface area contributed by atoms with E-state index >= 15 is 0 Å². The van der Waals surface area contributed by atoms with E-state index in [0.717, 1.165) is 16.5 Å². The number of carbonyl (C=O) groups excluding carboxylic acids is 1. The van der Waals surface area contributed by atoms with Gasteiger partial charge in [-0.1, -0.05) is 36.9 Å². The number of benzene rings is 2. The van der Waals surface area contributed by atoms with E-state index in [1.165, 1.54) is 12.1 Å². The van der Waals surface area contributed by atoms with Gasteiger partial charge in [-0.25, -0.2) is 5.43 Å². The molecule has 0 aliphatic heterocycles. The number of H-pyrrole nitrogens is 1. The second-order valence-corrected chi connectivity index (χ2v) is 6.40. The van der Waals surface area contributed by atoms with Crippen molar-refractivity contribution in [2.24, 2.45) is 5.10 Å². The van der Waals surface area contributed by atoms with Gasteiger partial charge < -0.3 is 10.3 Å². The third-order valence-electron chi connectivity index (χ3n) is 4.34. The fraction of sp³-hybridized carbons (Fsp3) is 0.143. The Morgan fingerprint density at radius 2 is 2.07 bits per heavy atom. The van der Waals surface area contributed by atoms with E-state index < -0.39 is 4.92 Å². The number of carbonyl (C=O) groups is 1. The second kappa shape index (κ2) is 9.32. The van der Waals surface area contributed by atoms with E-state index in [0.29, 0.717) is 30.6 Å². The fourth-order valence-electron chi connectivity index (χ4n) is 2.83. The van der Waals surface area contributed by atoms with Gasteiger partial charge in [-0.3, -0.25) is 14.9 Å². The van der Waals surface area contributed by atoms with Crippen LogP contribution in [0.5, 0.6) is 0 Å². The lowest BCUT2D eigenvalue weighted by atomic mass is 10.1. The maximum Gasteiger partial charge on any atom is 0.270 e. The van der Waals surface area contributed by atoms with Crippen molar-refractivity contribution in [3.8, 4) is 0 Å². The summed E-state index contributed by atoms with van der Waals surface area (Å²) in [5.41, 5.74) is 5.66. The molecule has 8 heteroatoms. The minimum absolute atomic E-state index is 0.0119. The molecular formula is C21H21N5O3. The number of hydrogen-bond donors (Lipinski definition) is 3. The molecule has 3 N–H and O–H groups in total. The fourth-order valence-corrected chi connectivity index (χ4v) is 2.83. The molecule has 0 atom stereocenters. The van der Waals surface area contributed by atoms with Crippen LogP contribution in [0.25, 0.3) is 16.6 Å². The molecule has 0 aliphatic rings. The van der Waals surface area contributed by atoms with Crippen LogP contribution in [0.4, 0.5) is 5.69 Å². The number of fused-ring (bicyclic) bond motifs is 1.